The topological polar surface area (TPSA) is 12.5 Å². The number of para-hydroxylation sites is 1. The zero-order valence-corrected chi connectivity index (χ0v) is 11.8. The first-order valence-corrected chi connectivity index (χ1v) is 6.61. The number of hydrogen-bond acceptors (Lipinski definition) is 2. The highest BCUT2D eigenvalue weighted by molar-refractivity contribution is 5.37. The zero-order valence-electron chi connectivity index (χ0n) is 11.8. The molecule has 0 spiro atoms. The molecule has 0 fully saturated rings. The van der Waals surface area contributed by atoms with E-state index in [-0.39, 0.29) is 6.23 Å². The summed E-state index contributed by atoms with van der Waals surface area (Å²) >= 11 is 0. The molecule has 0 saturated heterocycles. The second-order valence-electron chi connectivity index (χ2n) is 4.95. The van der Waals surface area contributed by atoms with Crippen LogP contribution in [0.5, 0.6) is 5.75 Å². The Morgan fingerprint density at radius 2 is 1.58 bits per heavy atom. The molecule has 1 atom stereocenters. The van der Waals surface area contributed by atoms with E-state index in [9.17, 15) is 0 Å². The molecular formula is C17H21NO. The van der Waals surface area contributed by atoms with Crippen LogP contribution in [0.2, 0.25) is 0 Å². The molecule has 0 N–H and O–H groups in total. The van der Waals surface area contributed by atoms with Gasteiger partial charge in [-0.15, -0.1) is 0 Å². The van der Waals surface area contributed by atoms with Gasteiger partial charge >= 0.3 is 0 Å². The summed E-state index contributed by atoms with van der Waals surface area (Å²) in [5.74, 6) is 0.965. The van der Waals surface area contributed by atoms with Crippen molar-refractivity contribution in [2.45, 2.75) is 19.6 Å². The van der Waals surface area contributed by atoms with Crippen molar-refractivity contribution in [1.29, 1.82) is 0 Å². The molecule has 0 amide bonds. The maximum absolute atomic E-state index is 6.01. The van der Waals surface area contributed by atoms with E-state index in [1.807, 2.05) is 32.3 Å². The summed E-state index contributed by atoms with van der Waals surface area (Å²) in [5.41, 5.74) is 2.53. The van der Waals surface area contributed by atoms with Gasteiger partial charge in [0, 0.05) is 6.42 Å². The second-order valence-corrected chi connectivity index (χ2v) is 4.95. The van der Waals surface area contributed by atoms with Gasteiger partial charge in [-0.2, -0.15) is 0 Å². The molecule has 100 valence electrons. The van der Waals surface area contributed by atoms with Gasteiger partial charge < -0.3 is 4.74 Å². The fourth-order valence-corrected chi connectivity index (χ4v) is 1.87. The third kappa shape index (κ3) is 3.83. The Hall–Kier alpha value is -1.80. The largest absolute Gasteiger partial charge is 0.475 e. The first-order chi connectivity index (χ1) is 9.16. The van der Waals surface area contributed by atoms with Crippen molar-refractivity contribution in [3.8, 4) is 5.75 Å². The Kier molecular flexibility index (Phi) is 4.58. The molecule has 0 radical (unpaired) electrons. The van der Waals surface area contributed by atoms with Gasteiger partial charge in [0.2, 0.25) is 0 Å². The maximum Gasteiger partial charge on any atom is 0.149 e. The summed E-state index contributed by atoms with van der Waals surface area (Å²) in [6.07, 6.45) is 0.967. The summed E-state index contributed by atoms with van der Waals surface area (Å²) in [7, 11) is 4.04. The van der Waals surface area contributed by atoms with Gasteiger partial charge in [0.1, 0.15) is 12.0 Å². The van der Waals surface area contributed by atoms with Crippen molar-refractivity contribution in [2.75, 3.05) is 14.1 Å². The van der Waals surface area contributed by atoms with Gasteiger partial charge in [0.05, 0.1) is 0 Å². The first-order valence-electron chi connectivity index (χ1n) is 6.61. The summed E-state index contributed by atoms with van der Waals surface area (Å²) in [5, 5.41) is 0. The third-order valence-corrected chi connectivity index (χ3v) is 3.23. The lowest BCUT2D eigenvalue weighted by Crippen LogP contribution is -2.30. The minimum Gasteiger partial charge on any atom is -0.475 e. The lowest BCUT2D eigenvalue weighted by molar-refractivity contribution is 0.0806. The monoisotopic (exact) mass is 255 g/mol. The Labute approximate surface area is 115 Å². The average molecular weight is 255 g/mol. The summed E-state index contributed by atoms with van der Waals surface area (Å²) in [6.45, 7) is 2.05. The van der Waals surface area contributed by atoms with Crippen LogP contribution in [0.3, 0.4) is 0 Å². The van der Waals surface area contributed by atoms with Crippen molar-refractivity contribution in [2.24, 2.45) is 0 Å². The summed E-state index contributed by atoms with van der Waals surface area (Å²) < 4.78 is 6.01. The fourth-order valence-electron chi connectivity index (χ4n) is 1.87. The number of rotatable bonds is 5. The fraction of sp³-hybridized carbons (Fsp3) is 0.294. The quantitative estimate of drug-likeness (QED) is 0.757. The van der Waals surface area contributed by atoms with Crippen molar-refractivity contribution in [3.63, 3.8) is 0 Å². The van der Waals surface area contributed by atoms with Crippen LogP contribution in [0.1, 0.15) is 18.1 Å². The molecule has 0 aliphatic carbocycles. The zero-order chi connectivity index (χ0) is 13.7. The standard InChI is InChI=1S/C17H21NO/c1-14(18(2)3)19-17-12-8-7-11-16(17)13-15-9-5-4-6-10-15/h4-12,14H,13H2,1-3H3. The van der Waals surface area contributed by atoms with Crippen LogP contribution in [-0.4, -0.2) is 25.2 Å². The lowest BCUT2D eigenvalue weighted by Gasteiger charge is -2.22. The average Bonchev–Trinajstić information content (AvgIpc) is 2.42. The highest BCUT2D eigenvalue weighted by Gasteiger charge is 2.09. The predicted molar refractivity (Wildman–Crippen MR) is 79.5 cm³/mol. The Balaban J connectivity index is 2.17. The molecular weight excluding hydrogens is 234 g/mol. The molecule has 0 aliphatic rings. The number of hydrogen-bond donors (Lipinski definition) is 0. The molecule has 2 aromatic carbocycles. The SMILES string of the molecule is CC(Oc1ccccc1Cc1ccccc1)N(C)C. The highest BCUT2D eigenvalue weighted by atomic mass is 16.5. The molecule has 0 bridgehead atoms. The predicted octanol–water partition coefficient (Wildman–Crippen LogP) is 3.56. The number of nitrogens with zero attached hydrogens (tertiary/aromatic N) is 1. The van der Waals surface area contributed by atoms with E-state index in [2.05, 4.69) is 48.2 Å². The van der Waals surface area contributed by atoms with Crippen LogP contribution in [0, 0.1) is 0 Å². The van der Waals surface area contributed by atoms with Crippen molar-refractivity contribution in [1.82, 2.24) is 4.90 Å². The van der Waals surface area contributed by atoms with Crippen molar-refractivity contribution in [3.05, 3.63) is 65.7 Å². The van der Waals surface area contributed by atoms with E-state index < -0.39 is 0 Å². The van der Waals surface area contributed by atoms with Gasteiger partial charge in [-0.25, -0.2) is 0 Å². The van der Waals surface area contributed by atoms with Crippen LogP contribution >= 0.6 is 0 Å². The van der Waals surface area contributed by atoms with Crippen molar-refractivity contribution < 1.29 is 4.74 Å². The molecule has 2 nitrogen and oxygen atoms in total. The summed E-state index contributed by atoms with van der Waals surface area (Å²) in [6, 6.07) is 18.7. The van der Waals surface area contributed by atoms with E-state index in [0.29, 0.717) is 0 Å². The van der Waals surface area contributed by atoms with Crippen molar-refractivity contribution >= 4 is 0 Å². The second kappa shape index (κ2) is 6.39. The third-order valence-electron chi connectivity index (χ3n) is 3.23. The molecule has 19 heavy (non-hydrogen) atoms. The molecule has 2 aromatic rings. The molecule has 1 unspecified atom stereocenters. The molecule has 2 rings (SSSR count). The van der Waals surface area contributed by atoms with Crippen LogP contribution in [0.25, 0.3) is 0 Å². The van der Waals surface area contributed by atoms with E-state index in [0.717, 1.165) is 12.2 Å². The normalized spacial score (nSPS) is 12.4. The van der Waals surface area contributed by atoms with Gasteiger partial charge in [-0.05, 0) is 38.2 Å². The summed E-state index contributed by atoms with van der Waals surface area (Å²) in [4.78, 5) is 2.05. The van der Waals surface area contributed by atoms with E-state index in [1.165, 1.54) is 11.1 Å². The van der Waals surface area contributed by atoms with E-state index in [1.54, 1.807) is 0 Å². The van der Waals surface area contributed by atoms with Crippen LogP contribution in [0.4, 0.5) is 0 Å². The van der Waals surface area contributed by atoms with Gasteiger partial charge in [0.15, 0.2) is 0 Å². The Morgan fingerprint density at radius 1 is 0.947 bits per heavy atom. The van der Waals surface area contributed by atoms with Crippen LogP contribution in [0.15, 0.2) is 54.6 Å². The molecule has 0 aromatic heterocycles. The molecule has 0 saturated carbocycles. The maximum atomic E-state index is 6.01. The lowest BCUT2D eigenvalue weighted by atomic mass is 10.0. The van der Waals surface area contributed by atoms with Gasteiger partial charge in [-0.3, -0.25) is 4.90 Å². The van der Waals surface area contributed by atoms with E-state index >= 15 is 0 Å². The first kappa shape index (κ1) is 13.6. The van der Waals surface area contributed by atoms with E-state index in [4.69, 9.17) is 4.74 Å². The van der Waals surface area contributed by atoms with Crippen LogP contribution < -0.4 is 4.74 Å². The Morgan fingerprint density at radius 3 is 2.26 bits per heavy atom. The van der Waals surface area contributed by atoms with Gasteiger partial charge in [0.25, 0.3) is 0 Å². The number of ether oxygens (including phenoxy) is 1. The van der Waals surface area contributed by atoms with Crippen LogP contribution in [-0.2, 0) is 6.42 Å². The molecule has 0 aliphatic heterocycles. The number of benzene rings is 2. The molecule has 2 heteroatoms. The molecule has 0 heterocycles. The van der Waals surface area contributed by atoms with Gasteiger partial charge in [-0.1, -0.05) is 48.5 Å². The smallest absolute Gasteiger partial charge is 0.149 e. The minimum atomic E-state index is 0.0666. The minimum absolute atomic E-state index is 0.0666. The highest BCUT2D eigenvalue weighted by Crippen LogP contribution is 2.22. The Bertz CT molecular complexity index is 508.